The van der Waals surface area contributed by atoms with Crippen molar-refractivity contribution in [3.63, 3.8) is 0 Å². The Morgan fingerprint density at radius 1 is 1.42 bits per heavy atom. The molecule has 0 bridgehead atoms. The van der Waals surface area contributed by atoms with Crippen molar-refractivity contribution >= 4 is 64.9 Å². The lowest BCUT2D eigenvalue weighted by Crippen LogP contribution is -2.54. The molecule has 140 valence electrons. The van der Waals surface area contributed by atoms with Crippen molar-refractivity contribution in [2.24, 2.45) is 5.92 Å². The van der Waals surface area contributed by atoms with Crippen molar-refractivity contribution in [2.75, 3.05) is 6.54 Å². The summed E-state index contributed by atoms with van der Waals surface area (Å²) in [4.78, 5) is 15.2. The molecular formula is C16H29NOPS5-. The van der Waals surface area contributed by atoms with Crippen molar-refractivity contribution in [2.45, 2.75) is 71.4 Å². The Balaban J connectivity index is 0.000000754. The number of allylic oxidation sites excluding steroid dienone is 1. The molecule has 0 saturated carbocycles. The van der Waals surface area contributed by atoms with Gasteiger partial charge in [-0.2, -0.15) is 0 Å². The zero-order chi connectivity index (χ0) is 18.9. The van der Waals surface area contributed by atoms with Crippen LogP contribution in [-0.4, -0.2) is 28.8 Å². The second-order valence-corrected chi connectivity index (χ2v) is 18.0. The lowest BCUT2D eigenvalue weighted by atomic mass is 9.80. The number of unbranched alkanes of at least 4 members (excludes halogenated alkanes) is 1. The van der Waals surface area contributed by atoms with Gasteiger partial charge in [-0.3, -0.25) is 9.69 Å². The molecule has 0 radical (unpaired) electrons. The first-order valence-electron chi connectivity index (χ1n) is 8.25. The van der Waals surface area contributed by atoms with Gasteiger partial charge in [0.2, 0.25) is 0 Å². The zero-order valence-electron chi connectivity index (χ0n) is 15.0. The van der Waals surface area contributed by atoms with Crippen LogP contribution in [-0.2, 0) is 58.9 Å². The van der Waals surface area contributed by atoms with Crippen LogP contribution in [0.4, 0.5) is 0 Å². The number of hydrogen-bond donors (Lipinski definition) is 0. The summed E-state index contributed by atoms with van der Waals surface area (Å²) in [5, 5.41) is -0.835. The van der Waals surface area contributed by atoms with Crippen LogP contribution in [0, 0.1) is 5.92 Å². The third-order valence-corrected chi connectivity index (χ3v) is 14.0. The highest BCUT2D eigenvalue weighted by molar-refractivity contribution is 8.94. The van der Waals surface area contributed by atoms with Gasteiger partial charge in [0, 0.05) is 12.0 Å². The number of hydrogen-bond acceptors (Lipinski definition) is 7. The monoisotopic (exact) mass is 442 g/mol. The average molecular weight is 443 g/mol. The molecule has 0 aromatic rings. The fourth-order valence-electron chi connectivity index (χ4n) is 3.38. The van der Waals surface area contributed by atoms with Gasteiger partial charge < -0.3 is 12.2 Å². The molecule has 1 unspecified atom stereocenters. The first-order chi connectivity index (χ1) is 11.1. The van der Waals surface area contributed by atoms with E-state index in [1.807, 2.05) is 19.9 Å². The highest BCUT2D eigenvalue weighted by Gasteiger charge is 2.47. The summed E-state index contributed by atoms with van der Waals surface area (Å²) in [7, 11) is -0.506. The summed E-state index contributed by atoms with van der Waals surface area (Å²) < 4.78 is 0. The quantitative estimate of drug-likeness (QED) is 0.234. The van der Waals surface area contributed by atoms with Crippen molar-refractivity contribution < 1.29 is 4.79 Å². The molecule has 0 N–H and O–H groups in total. The number of nitrogens with zero attached hydrogens (tertiary/aromatic N) is 1. The van der Waals surface area contributed by atoms with Crippen LogP contribution in [0.2, 0.25) is 0 Å². The summed E-state index contributed by atoms with van der Waals surface area (Å²) in [6, 6.07) is 0.457. The molecule has 0 amide bonds. The second kappa shape index (κ2) is 12.4. The van der Waals surface area contributed by atoms with Crippen LogP contribution < -0.4 is 0 Å². The number of Topliss-reactive ketones (excluding diaryl/α,β-unsaturated/α-hetero) is 1. The summed E-state index contributed by atoms with van der Waals surface area (Å²) in [6.07, 6.45) is 7.24. The van der Waals surface area contributed by atoms with E-state index < -0.39 is 12.7 Å². The molecule has 1 aliphatic heterocycles. The van der Waals surface area contributed by atoms with E-state index in [1.165, 1.54) is 0 Å². The summed E-state index contributed by atoms with van der Waals surface area (Å²) in [5.74, 6) is 0.575. The minimum Gasteiger partial charge on any atom is -0.498 e. The Labute approximate surface area is 170 Å². The molecule has 0 spiro atoms. The lowest BCUT2D eigenvalue weighted by molar-refractivity contribution is -0.134. The predicted molar refractivity (Wildman–Crippen MR) is 121 cm³/mol. The van der Waals surface area contributed by atoms with E-state index in [0.717, 1.165) is 38.6 Å². The topological polar surface area (TPSA) is 20.3 Å². The Morgan fingerprint density at radius 2 is 1.96 bits per heavy atom. The molecule has 1 heterocycles. The fraction of sp³-hybridized carbons (Fsp3) is 0.812. The first-order valence-corrected chi connectivity index (χ1v) is 15.3. The summed E-state index contributed by atoms with van der Waals surface area (Å²) >= 11 is 18.3. The molecule has 1 saturated heterocycles. The smallest absolute Gasteiger partial charge is 0.155 e. The van der Waals surface area contributed by atoms with Gasteiger partial charge in [-0.15, -0.1) is 14.2 Å². The lowest BCUT2D eigenvalue weighted by Gasteiger charge is -2.41. The first kappa shape index (κ1) is 25.0. The van der Waals surface area contributed by atoms with Gasteiger partial charge in [0.25, 0.3) is 0 Å². The molecule has 2 atom stereocenters. The third kappa shape index (κ3) is 7.73. The van der Waals surface area contributed by atoms with E-state index in [-0.39, 0.29) is 11.5 Å². The van der Waals surface area contributed by atoms with Gasteiger partial charge in [-0.05, 0) is 57.6 Å². The van der Waals surface area contributed by atoms with Gasteiger partial charge in [-0.1, -0.05) is 19.9 Å². The average Bonchev–Trinajstić information content (AvgIpc) is 2.92. The molecular weight excluding hydrogens is 413 g/mol. The van der Waals surface area contributed by atoms with Crippen LogP contribution in [0.15, 0.2) is 12.7 Å². The van der Waals surface area contributed by atoms with Crippen molar-refractivity contribution in [1.29, 1.82) is 0 Å². The number of ketones is 1. The van der Waals surface area contributed by atoms with Crippen LogP contribution >= 0.6 is 5.10 Å². The van der Waals surface area contributed by atoms with Crippen molar-refractivity contribution in [1.82, 2.24) is 4.90 Å². The number of likely N-dealkylation sites (tertiary alicyclic amines) is 1. The largest absolute Gasteiger partial charge is 0.498 e. The summed E-state index contributed by atoms with van der Waals surface area (Å²) in [6.45, 7) is 13.3. The maximum atomic E-state index is 12.7. The molecule has 0 aromatic carbocycles. The van der Waals surface area contributed by atoms with E-state index in [4.69, 9.17) is 0 Å². The number of rotatable bonds is 8. The number of carbonyl (C=O) groups is 1. The van der Waals surface area contributed by atoms with E-state index in [0.29, 0.717) is 11.8 Å². The van der Waals surface area contributed by atoms with Crippen molar-refractivity contribution in [3.05, 3.63) is 12.7 Å². The van der Waals surface area contributed by atoms with Crippen LogP contribution in [0.3, 0.4) is 0 Å². The molecule has 1 aliphatic rings. The zero-order valence-corrected chi connectivity index (χ0v) is 20.0. The molecule has 1 fully saturated rings. The minimum absolute atomic E-state index is 0.132. The van der Waals surface area contributed by atoms with Gasteiger partial charge in [0.15, 0.2) is 5.78 Å². The highest BCUT2D eigenvalue weighted by atomic mass is 33.5. The molecule has 0 aliphatic carbocycles. The van der Waals surface area contributed by atoms with E-state index in [9.17, 15) is 4.79 Å². The van der Waals surface area contributed by atoms with E-state index in [1.54, 1.807) is 0 Å². The number of carbonyl (C=O) groups excluding carboxylic acids is 1. The molecule has 8 heteroatoms. The van der Waals surface area contributed by atoms with E-state index >= 15 is 0 Å². The molecule has 1 rings (SSSR count). The van der Waals surface area contributed by atoms with Gasteiger partial charge in [0.05, 0.1) is 5.54 Å². The van der Waals surface area contributed by atoms with Gasteiger partial charge in [-0.25, -0.2) is 22.4 Å². The predicted octanol–water partition coefficient (Wildman–Crippen LogP) is 4.66. The minimum atomic E-state index is -0.835. The maximum absolute atomic E-state index is 12.7. The highest BCUT2D eigenvalue weighted by Crippen LogP contribution is 2.38. The van der Waals surface area contributed by atoms with Gasteiger partial charge >= 0.3 is 0 Å². The molecule has 2 nitrogen and oxygen atoms in total. The van der Waals surface area contributed by atoms with Crippen LogP contribution in [0.5, 0.6) is 0 Å². The molecule has 24 heavy (non-hydrogen) atoms. The van der Waals surface area contributed by atoms with Crippen LogP contribution in [0.1, 0.15) is 59.8 Å². The van der Waals surface area contributed by atoms with Crippen molar-refractivity contribution in [3.8, 4) is 0 Å². The Kier molecular flexibility index (Phi) is 13.0. The summed E-state index contributed by atoms with van der Waals surface area (Å²) in [5.41, 5.74) is -0.189. The second-order valence-electron chi connectivity index (χ2n) is 6.56. The third-order valence-electron chi connectivity index (χ3n) is 4.27. The van der Waals surface area contributed by atoms with Gasteiger partial charge in [0.1, 0.15) is 11.8 Å². The van der Waals surface area contributed by atoms with E-state index in [2.05, 4.69) is 71.8 Å². The Hall–Kier alpha value is 1.03. The standard InChI is InChI=1S/C16H29NO.PS5/c1-6-7-8-10-16(15(18)13(2)3)11-9-12-17(16)14(4)5;2-1(3)6(4)5/h6,13-14H,1,7-12H2,2-5H3;/q;-1/t16-;/m0./s1. The molecule has 0 aromatic heterocycles. The Bertz CT molecular complexity index is 511. The Morgan fingerprint density at radius 3 is 2.33 bits per heavy atom. The fourth-order valence-corrected chi connectivity index (χ4v) is 3.38. The SMILES string of the molecule is C=CCCC[C@@]1(C(=O)C(C)C)CCCN1C(C)C.S=[P+]([S-])[S-](=S)=S. The normalized spacial score (nSPS) is 21.8. The maximum Gasteiger partial charge on any atom is 0.155 e. The van der Waals surface area contributed by atoms with Crippen LogP contribution in [0.25, 0.3) is 0 Å².